The Morgan fingerprint density at radius 3 is 2.65 bits per heavy atom. The molecule has 130 valence electrons. The molecule has 26 heavy (non-hydrogen) atoms. The Morgan fingerprint density at radius 2 is 1.85 bits per heavy atom. The summed E-state index contributed by atoms with van der Waals surface area (Å²) in [5, 5.41) is 4.11. The van der Waals surface area contributed by atoms with Crippen LogP contribution in [0.3, 0.4) is 0 Å². The van der Waals surface area contributed by atoms with Gasteiger partial charge in [0.05, 0.1) is 16.0 Å². The number of anilines is 1. The number of carbonyl (C=O) groups is 1. The summed E-state index contributed by atoms with van der Waals surface area (Å²) >= 11 is 1.15. The Bertz CT molecular complexity index is 1130. The van der Waals surface area contributed by atoms with Gasteiger partial charge in [-0.05, 0) is 47.9 Å². The van der Waals surface area contributed by atoms with E-state index in [1.165, 1.54) is 12.1 Å². The van der Waals surface area contributed by atoms with E-state index in [0.29, 0.717) is 20.7 Å². The van der Waals surface area contributed by atoms with Crippen LogP contribution < -0.4 is 5.32 Å². The van der Waals surface area contributed by atoms with Crippen LogP contribution in [-0.4, -0.2) is 10.9 Å². The minimum absolute atomic E-state index is 0.348. The predicted octanol–water partition coefficient (Wildman–Crippen LogP) is 5.72. The largest absolute Gasteiger partial charge is 0.416 e. The van der Waals surface area contributed by atoms with Crippen LogP contribution in [0.2, 0.25) is 0 Å². The number of aromatic nitrogens is 1. The highest BCUT2D eigenvalue weighted by Crippen LogP contribution is 2.34. The number of carbonyl (C=O) groups excluding carboxylic acids is 1. The Morgan fingerprint density at radius 1 is 1.00 bits per heavy atom. The number of halogens is 3. The topological polar surface area (TPSA) is 42.0 Å². The van der Waals surface area contributed by atoms with Crippen molar-refractivity contribution in [1.82, 2.24) is 4.98 Å². The summed E-state index contributed by atoms with van der Waals surface area (Å²) in [6.45, 7) is 0. The Labute approximate surface area is 150 Å². The fourth-order valence-corrected chi connectivity index (χ4v) is 3.61. The van der Waals surface area contributed by atoms with E-state index in [1.807, 2.05) is 18.2 Å². The summed E-state index contributed by atoms with van der Waals surface area (Å²) in [6.07, 6.45) is -2.74. The Hall–Kier alpha value is -2.93. The van der Waals surface area contributed by atoms with Crippen molar-refractivity contribution in [3.05, 3.63) is 71.2 Å². The molecule has 0 aliphatic rings. The van der Waals surface area contributed by atoms with Gasteiger partial charge < -0.3 is 5.32 Å². The van der Waals surface area contributed by atoms with Gasteiger partial charge in [-0.1, -0.05) is 12.1 Å². The number of pyridine rings is 1. The minimum atomic E-state index is -4.41. The van der Waals surface area contributed by atoms with Gasteiger partial charge in [-0.25, -0.2) is 0 Å². The molecule has 2 heterocycles. The number of benzene rings is 2. The first-order valence-electron chi connectivity index (χ1n) is 7.67. The molecule has 0 saturated carbocycles. The van der Waals surface area contributed by atoms with E-state index in [1.54, 1.807) is 18.3 Å². The van der Waals surface area contributed by atoms with E-state index in [2.05, 4.69) is 10.3 Å². The molecule has 0 saturated heterocycles. The second kappa shape index (κ2) is 6.10. The lowest BCUT2D eigenvalue weighted by molar-refractivity contribution is -0.137. The van der Waals surface area contributed by atoms with Gasteiger partial charge in [0, 0.05) is 22.0 Å². The summed E-state index contributed by atoms with van der Waals surface area (Å²) in [5.74, 6) is -0.366. The maximum absolute atomic E-state index is 12.8. The van der Waals surface area contributed by atoms with Crippen LogP contribution in [0.15, 0.2) is 60.8 Å². The summed E-state index contributed by atoms with van der Waals surface area (Å²) in [5.41, 5.74) is 0.599. The highest BCUT2D eigenvalue weighted by Gasteiger charge is 2.30. The lowest BCUT2D eigenvalue weighted by atomic mass is 10.1. The van der Waals surface area contributed by atoms with E-state index < -0.39 is 11.7 Å². The maximum atomic E-state index is 12.8. The monoisotopic (exact) mass is 372 g/mol. The van der Waals surface area contributed by atoms with Crippen LogP contribution in [0.25, 0.3) is 21.0 Å². The van der Waals surface area contributed by atoms with Gasteiger partial charge in [-0.2, -0.15) is 13.2 Å². The third-order valence-corrected chi connectivity index (χ3v) is 5.05. The standard InChI is InChI=1S/C19H11F3N2OS/c20-19(21,22)13-4-6-16-12(8-13)9-17(26-16)18(25)24-14-5-3-11-2-1-7-23-15(11)10-14/h1-10H,(H,24,25). The second-order valence-corrected chi connectivity index (χ2v) is 6.81. The molecule has 0 spiro atoms. The molecule has 7 heteroatoms. The van der Waals surface area contributed by atoms with Gasteiger partial charge >= 0.3 is 6.18 Å². The van der Waals surface area contributed by atoms with E-state index in [-0.39, 0.29) is 5.91 Å². The number of hydrogen-bond donors (Lipinski definition) is 1. The van der Waals surface area contributed by atoms with Crippen molar-refractivity contribution in [3.8, 4) is 0 Å². The van der Waals surface area contributed by atoms with Gasteiger partial charge in [0.1, 0.15) is 0 Å². The number of fused-ring (bicyclic) bond motifs is 2. The summed E-state index contributed by atoms with van der Waals surface area (Å²) in [6, 6.07) is 14.0. The molecular formula is C19H11F3N2OS. The zero-order chi connectivity index (χ0) is 18.3. The predicted molar refractivity (Wildman–Crippen MR) is 96.5 cm³/mol. The second-order valence-electron chi connectivity index (χ2n) is 5.73. The summed E-state index contributed by atoms with van der Waals surface area (Å²) in [7, 11) is 0. The average Bonchev–Trinajstić information content (AvgIpc) is 3.04. The third-order valence-electron chi connectivity index (χ3n) is 3.93. The highest BCUT2D eigenvalue weighted by molar-refractivity contribution is 7.20. The SMILES string of the molecule is O=C(Nc1ccc2cccnc2c1)c1cc2cc(C(F)(F)F)ccc2s1. The first-order chi connectivity index (χ1) is 12.4. The van der Waals surface area contributed by atoms with Gasteiger partial charge in [0.2, 0.25) is 0 Å². The molecule has 1 N–H and O–H groups in total. The third kappa shape index (κ3) is 3.13. The van der Waals surface area contributed by atoms with Crippen LogP contribution in [0, 0.1) is 0 Å². The van der Waals surface area contributed by atoms with E-state index in [4.69, 9.17) is 0 Å². The number of thiophene rings is 1. The molecule has 1 amide bonds. The minimum Gasteiger partial charge on any atom is -0.321 e. The summed E-state index contributed by atoms with van der Waals surface area (Å²) < 4.78 is 39.1. The van der Waals surface area contributed by atoms with E-state index >= 15 is 0 Å². The number of amides is 1. The van der Waals surface area contributed by atoms with Crippen molar-refractivity contribution >= 4 is 43.9 Å². The van der Waals surface area contributed by atoms with Crippen molar-refractivity contribution in [1.29, 1.82) is 0 Å². The number of nitrogens with zero attached hydrogens (tertiary/aromatic N) is 1. The molecule has 0 fully saturated rings. The van der Waals surface area contributed by atoms with Crippen LogP contribution in [0.5, 0.6) is 0 Å². The molecule has 2 aromatic carbocycles. The first kappa shape index (κ1) is 16.5. The van der Waals surface area contributed by atoms with Crippen molar-refractivity contribution < 1.29 is 18.0 Å². The normalized spacial score (nSPS) is 11.8. The summed E-state index contributed by atoms with van der Waals surface area (Å²) in [4.78, 5) is 17.0. The first-order valence-corrected chi connectivity index (χ1v) is 8.49. The van der Waals surface area contributed by atoms with E-state index in [0.717, 1.165) is 34.4 Å². The fraction of sp³-hybridized carbons (Fsp3) is 0.0526. The van der Waals surface area contributed by atoms with Gasteiger partial charge in [-0.3, -0.25) is 9.78 Å². The molecule has 0 radical (unpaired) electrons. The lowest BCUT2D eigenvalue weighted by Gasteiger charge is -2.05. The smallest absolute Gasteiger partial charge is 0.321 e. The van der Waals surface area contributed by atoms with Crippen LogP contribution >= 0.6 is 11.3 Å². The van der Waals surface area contributed by atoms with Crippen LogP contribution in [-0.2, 0) is 6.18 Å². The average molecular weight is 372 g/mol. The maximum Gasteiger partial charge on any atom is 0.416 e. The van der Waals surface area contributed by atoms with Crippen molar-refractivity contribution in [3.63, 3.8) is 0 Å². The fourth-order valence-electron chi connectivity index (χ4n) is 2.67. The number of nitrogens with one attached hydrogen (secondary N) is 1. The Kier molecular flexibility index (Phi) is 3.88. The highest BCUT2D eigenvalue weighted by atomic mass is 32.1. The van der Waals surface area contributed by atoms with Gasteiger partial charge in [0.25, 0.3) is 5.91 Å². The Balaban J connectivity index is 1.62. The molecule has 0 atom stereocenters. The quantitative estimate of drug-likeness (QED) is 0.489. The van der Waals surface area contributed by atoms with Crippen molar-refractivity contribution in [2.24, 2.45) is 0 Å². The van der Waals surface area contributed by atoms with E-state index in [9.17, 15) is 18.0 Å². The molecule has 3 nitrogen and oxygen atoms in total. The number of rotatable bonds is 2. The van der Waals surface area contributed by atoms with Gasteiger partial charge in [0.15, 0.2) is 0 Å². The van der Waals surface area contributed by atoms with Crippen LogP contribution in [0.1, 0.15) is 15.2 Å². The molecular weight excluding hydrogens is 361 g/mol. The van der Waals surface area contributed by atoms with Crippen molar-refractivity contribution in [2.45, 2.75) is 6.18 Å². The number of hydrogen-bond acceptors (Lipinski definition) is 3. The molecule has 4 aromatic rings. The molecule has 2 aromatic heterocycles. The van der Waals surface area contributed by atoms with Crippen molar-refractivity contribution in [2.75, 3.05) is 5.32 Å². The lowest BCUT2D eigenvalue weighted by Crippen LogP contribution is -2.09. The zero-order valence-corrected chi connectivity index (χ0v) is 14.0. The molecule has 0 aliphatic heterocycles. The number of alkyl halides is 3. The molecule has 0 aliphatic carbocycles. The zero-order valence-electron chi connectivity index (χ0n) is 13.2. The van der Waals surface area contributed by atoms with Crippen LogP contribution in [0.4, 0.5) is 18.9 Å². The molecule has 0 unspecified atom stereocenters. The molecule has 0 bridgehead atoms. The molecule has 4 rings (SSSR count). The van der Waals surface area contributed by atoms with Gasteiger partial charge in [-0.15, -0.1) is 11.3 Å².